The van der Waals surface area contributed by atoms with Crippen molar-refractivity contribution in [2.75, 3.05) is 19.7 Å². The van der Waals surface area contributed by atoms with Crippen LogP contribution >= 0.6 is 0 Å². The molecule has 0 atom stereocenters. The Kier molecular flexibility index (Phi) is 7.54. The number of esters is 1. The number of aryl methyl sites for hydroxylation is 1. The predicted molar refractivity (Wildman–Crippen MR) is 85.2 cm³/mol. The summed E-state index contributed by atoms with van der Waals surface area (Å²) in [6.45, 7) is 1.24. The van der Waals surface area contributed by atoms with Crippen molar-refractivity contribution in [2.24, 2.45) is 0 Å². The largest absolute Gasteiger partial charge is 0.452 e. The molecule has 0 fully saturated rings. The van der Waals surface area contributed by atoms with Gasteiger partial charge in [-0.2, -0.15) is 10.5 Å². The van der Waals surface area contributed by atoms with Gasteiger partial charge in [0.05, 0.1) is 35.5 Å². The summed E-state index contributed by atoms with van der Waals surface area (Å²) in [5.41, 5.74) is 0.277. The fourth-order valence-corrected chi connectivity index (χ4v) is 2.02. The van der Waals surface area contributed by atoms with Crippen molar-refractivity contribution >= 4 is 17.6 Å². The predicted octanol–water partition coefficient (Wildman–Crippen LogP) is 1.72. The molecule has 0 radical (unpaired) electrons. The Morgan fingerprint density at radius 1 is 1.24 bits per heavy atom. The zero-order chi connectivity index (χ0) is 18.8. The molecule has 0 unspecified atom stereocenters. The lowest BCUT2D eigenvalue weighted by Gasteiger charge is -2.20. The molecular formula is C16H16N4O5. The van der Waals surface area contributed by atoms with E-state index in [-0.39, 0.29) is 37.2 Å². The van der Waals surface area contributed by atoms with Crippen LogP contribution in [0.3, 0.4) is 0 Å². The molecule has 9 nitrogen and oxygen atoms in total. The van der Waals surface area contributed by atoms with Gasteiger partial charge >= 0.3 is 5.97 Å². The summed E-state index contributed by atoms with van der Waals surface area (Å²) in [5.74, 6) is -1.30. The van der Waals surface area contributed by atoms with Gasteiger partial charge in [-0.25, -0.2) is 4.79 Å². The van der Waals surface area contributed by atoms with Crippen molar-refractivity contribution in [1.29, 1.82) is 10.5 Å². The molecule has 0 saturated carbocycles. The van der Waals surface area contributed by atoms with Crippen LogP contribution in [0.25, 0.3) is 0 Å². The molecule has 0 spiro atoms. The molecule has 9 heteroatoms. The molecule has 0 bridgehead atoms. The minimum Gasteiger partial charge on any atom is -0.452 e. The number of amides is 1. The van der Waals surface area contributed by atoms with Gasteiger partial charge in [0.25, 0.3) is 11.6 Å². The lowest BCUT2D eigenvalue weighted by atomic mass is 10.1. The molecular weight excluding hydrogens is 328 g/mol. The second kappa shape index (κ2) is 9.63. The van der Waals surface area contributed by atoms with Crippen LogP contribution in [0.2, 0.25) is 0 Å². The number of nitrogens with zero attached hydrogens (tertiary/aromatic N) is 4. The second-order valence-electron chi connectivity index (χ2n) is 5.03. The summed E-state index contributed by atoms with van der Waals surface area (Å²) >= 11 is 0. The Morgan fingerprint density at radius 3 is 2.32 bits per heavy atom. The third-order valence-electron chi connectivity index (χ3n) is 3.30. The summed E-state index contributed by atoms with van der Waals surface area (Å²) < 4.78 is 4.92. The molecule has 0 aliphatic rings. The van der Waals surface area contributed by atoms with Gasteiger partial charge in [0.2, 0.25) is 0 Å². The first-order valence-corrected chi connectivity index (χ1v) is 7.34. The number of nitriles is 2. The Hall–Kier alpha value is -3.46. The van der Waals surface area contributed by atoms with E-state index in [1.165, 1.54) is 30.0 Å². The molecule has 0 aliphatic carbocycles. The normalized spacial score (nSPS) is 9.56. The lowest BCUT2D eigenvalue weighted by molar-refractivity contribution is -0.385. The van der Waals surface area contributed by atoms with E-state index in [1.54, 1.807) is 0 Å². The first kappa shape index (κ1) is 19.6. The molecule has 1 aromatic carbocycles. The first-order valence-electron chi connectivity index (χ1n) is 7.34. The quantitative estimate of drug-likeness (QED) is 0.397. The van der Waals surface area contributed by atoms with Crippen molar-refractivity contribution in [3.8, 4) is 12.1 Å². The number of nitro groups is 1. The molecule has 0 N–H and O–H groups in total. The maximum atomic E-state index is 12.0. The highest BCUT2D eigenvalue weighted by Gasteiger charge is 2.18. The smallest absolute Gasteiger partial charge is 0.338 e. The van der Waals surface area contributed by atoms with Gasteiger partial charge in [-0.05, 0) is 19.1 Å². The maximum Gasteiger partial charge on any atom is 0.338 e. The van der Waals surface area contributed by atoms with Crippen molar-refractivity contribution in [2.45, 2.75) is 19.8 Å². The number of ether oxygens (including phenoxy) is 1. The molecule has 130 valence electrons. The van der Waals surface area contributed by atoms with E-state index in [2.05, 4.69) is 0 Å². The maximum absolute atomic E-state index is 12.0. The lowest BCUT2D eigenvalue weighted by Crippen LogP contribution is -2.36. The zero-order valence-corrected chi connectivity index (χ0v) is 13.6. The fourth-order valence-electron chi connectivity index (χ4n) is 2.02. The molecule has 0 saturated heterocycles. The number of hydrogen-bond acceptors (Lipinski definition) is 7. The van der Waals surface area contributed by atoms with Gasteiger partial charge < -0.3 is 9.64 Å². The third kappa shape index (κ3) is 5.92. The molecule has 1 amide bonds. The average Bonchev–Trinajstić information content (AvgIpc) is 2.59. The highest BCUT2D eigenvalue weighted by atomic mass is 16.6. The van der Waals surface area contributed by atoms with E-state index in [4.69, 9.17) is 15.3 Å². The van der Waals surface area contributed by atoms with Crippen LogP contribution in [0.1, 0.15) is 28.8 Å². The van der Waals surface area contributed by atoms with Crippen molar-refractivity contribution in [1.82, 2.24) is 4.90 Å². The standard InChI is InChI=1S/C16H16N4O5/c1-12-10-13(4-5-14(12)20(23)24)16(22)25-11-15(21)19(8-2-6-17)9-3-7-18/h4-5,10H,2-3,8-9,11H2,1H3. The fraction of sp³-hybridized carbons (Fsp3) is 0.375. The first-order chi connectivity index (χ1) is 11.9. The van der Waals surface area contributed by atoms with E-state index in [0.29, 0.717) is 5.56 Å². The van der Waals surface area contributed by atoms with E-state index < -0.39 is 23.4 Å². The summed E-state index contributed by atoms with van der Waals surface area (Å²) in [6, 6.07) is 7.56. The molecule has 25 heavy (non-hydrogen) atoms. The van der Waals surface area contributed by atoms with Crippen molar-refractivity contribution in [3.05, 3.63) is 39.4 Å². The van der Waals surface area contributed by atoms with Crippen LogP contribution < -0.4 is 0 Å². The second-order valence-corrected chi connectivity index (χ2v) is 5.03. The van der Waals surface area contributed by atoms with Gasteiger partial charge in [-0.1, -0.05) is 0 Å². The molecule has 0 aliphatic heterocycles. The summed E-state index contributed by atoms with van der Waals surface area (Å²) in [5, 5.41) is 27.9. The van der Waals surface area contributed by atoms with Crippen LogP contribution in [-0.2, 0) is 9.53 Å². The number of carbonyl (C=O) groups is 2. The number of nitro benzene ring substituents is 1. The highest BCUT2D eigenvalue weighted by molar-refractivity contribution is 5.91. The summed E-state index contributed by atoms with van der Waals surface area (Å²) in [6.07, 6.45) is 0.208. The average molecular weight is 344 g/mol. The van der Waals surface area contributed by atoms with Crippen LogP contribution in [0.15, 0.2) is 18.2 Å². The number of benzene rings is 1. The van der Waals surface area contributed by atoms with E-state index >= 15 is 0 Å². The van der Waals surface area contributed by atoms with Crippen LogP contribution in [-0.4, -0.2) is 41.4 Å². The molecule has 0 aromatic heterocycles. The number of hydrogen-bond donors (Lipinski definition) is 0. The van der Waals surface area contributed by atoms with Crippen LogP contribution in [0, 0.1) is 39.7 Å². The zero-order valence-electron chi connectivity index (χ0n) is 13.6. The minimum atomic E-state index is -0.785. The van der Waals surface area contributed by atoms with Gasteiger partial charge in [0.15, 0.2) is 6.61 Å². The van der Waals surface area contributed by atoms with E-state index in [0.717, 1.165) is 0 Å². The van der Waals surface area contributed by atoms with E-state index in [1.807, 2.05) is 12.1 Å². The highest BCUT2D eigenvalue weighted by Crippen LogP contribution is 2.19. The Morgan fingerprint density at radius 2 is 1.84 bits per heavy atom. The Balaban J connectivity index is 2.69. The number of rotatable bonds is 8. The Bertz CT molecular complexity index is 730. The summed E-state index contributed by atoms with van der Waals surface area (Å²) in [7, 11) is 0. The molecule has 1 rings (SSSR count). The molecule has 0 heterocycles. The topological polar surface area (TPSA) is 137 Å². The summed E-state index contributed by atoms with van der Waals surface area (Å²) in [4.78, 5) is 35.5. The van der Waals surface area contributed by atoms with Gasteiger partial charge in [-0.3, -0.25) is 14.9 Å². The van der Waals surface area contributed by atoms with Crippen LogP contribution in [0.5, 0.6) is 0 Å². The van der Waals surface area contributed by atoms with Crippen LogP contribution in [0.4, 0.5) is 5.69 Å². The van der Waals surface area contributed by atoms with Gasteiger partial charge in [-0.15, -0.1) is 0 Å². The van der Waals surface area contributed by atoms with Crippen molar-refractivity contribution in [3.63, 3.8) is 0 Å². The SMILES string of the molecule is Cc1cc(C(=O)OCC(=O)N(CCC#N)CCC#N)ccc1[N+](=O)[O-]. The number of carbonyl (C=O) groups excluding carboxylic acids is 2. The Labute approximate surface area is 144 Å². The molecule has 1 aromatic rings. The van der Waals surface area contributed by atoms with E-state index in [9.17, 15) is 19.7 Å². The van der Waals surface area contributed by atoms with Gasteiger partial charge in [0.1, 0.15) is 0 Å². The monoisotopic (exact) mass is 344 g/mol. The third-order valence-corrected chi connectivity index (χ3v) is 3.30. The van der Waals surface area contributed by atoms with Crippen molar-refractivity contribution < 1.29 is 19.2 Å². The van der Waals surface area contributed by atoms with Gasteiger partial charge in [0, 0.05) is 24.7 Å². The minimum absolute atomic E-state index is 0.0940.